The number of rotatable bonds is 4. The van der Waals surface area contributed by atoms with Crippen LogP contribution in [0, 0.1) is 0 Å². The number of fused-ring (bicyclic) bond motifs is 1. The average Bonchev–Trinajstić information content (AvgIpc) is 3.23. The molecule has 1 saturated heterocycles. The van der Waals surface area contributed by atoms with Crippen LogP contribution in [0.25, 0.3) is 16.6 Å². The Morgan fingerprint density at radius 3 is 2.76 bits per heavy atom. The highest BCUT2D eigenvalue weighted by molar-refractivity contribution is 5.86. The minimum atomic E-state index is 0. The Kier molecular flexibility index (Phi) is 8.53. The van der Waals surface area contributed by atoms with Crippen LogP contribution in [0.5, 0.6) is 5.75 Å². The number of ether oxygens (including phenoxy) is 1. The van der Waals surface area contributed by atoms with E-state index in [0.29, 0.717) is 12.6 Å². The van der Waals surface area contributed by atoms with E-state index in [1.54, 1.807) is 6.20 Å². The molecule has 0 bridgehead atoms. The Labute approximate surface area is 166 Å². The van der Waals surface area contributed by atoms with Crippen LogP contribution in [0.15, 0.2) is 55.0 Å². The predicted octanol–water partition coefficient (Wildman–Crippen LogP) is 4.42. The molecule has 0 saturated carbocycles. The van der Waals surface area contributed by atoms with Gasteiger partial charge in [0, 0.05) is 18.3 Å². The normalized spacial score (nSPS) is 15.8. The molecule has 0 aliphatic carbocycles. The zero-order valence-corrected chi connectivity index (χ0v) is 16.1. The van der Waals surface area contributed by atoms with E-state index in [2.05, 4.69) is 51.4 Å². The lowest BCUT2D eigenvalue weighted by atomic mass is 10.2. The summed E-state index contributed by atoms with van der Waals surface area (Å²) in [6.45, 7) is 1.80. The standard InChI is InChI=1S/C18H19N3O.3ClH/c1-2-6-18-14(4-1)7-9-21(18)16-10-17(12-19-11-16)22-13-15-5-3-8-20-15;;;/h1-2,4,6-7,9-12,15,20H,3,5,8,13H2;3*1H/t15-;;;/m0.../s1. The van der Waals surface area contributed by atoms with Gasteiger partial charge in [-0.15, -0.1) is 37.2 Å². The van der Waals surface area contributed by atoms with E-state index >= 15 is 0 Å². The molecule has 3 aromatic rings. The minimum Gasteiger partial charge on any atom is -0.490 e. The third-order valence-corrected chi connectivity index (χ3v) is 4.19. The molecule has 4 nitrogen and oxygen atoms in total. The van der Waals surface area contributed by atoms with E-state index in [1.807, 2.05) is 12.3 Å². The van der Waals surface area contributed by atoms with Gasteiger partial charge in [0.15, 0.2) is 0 Å². The fourth-order valence-corrected chi connectivity index (χ4v) is 3.02. The highest BCUT2D eigenvalue weighted by Crippen LogP contribution is 2.22. The van der Waals surface area contributed by atoms with Gasteiger partial charge >= 0.3 is 0 Å². The number of nitrogens with zero attached hydrogens (tertiary/aromatic N) is 2. The van der Waals surface area contributed by atoms with Crippen LogP contribution in [-0.2, 0) is 0 Å². The van der Waals surface area contributed by atoms with Crippen molar-refractivity contribution < 1.29 is 4.74 Å². The molecule has 7 heteroatoms. The lowest BCUT2D eigenvalue weighted by molar-refractivity contribution is 0.276. The Morgan fingerprint density at radius 1 is 1.12 bits per heavy atom. The summed E-state index contributed by atoms with van der Waals surface area (Å²) in [7, 11) is 0. The van der Waals surface area contributed by atoms with Crippen molar-refractivity contribution in [2.45, 2.75) is 18.9 Å². The van der Waals surface area contributed by atoms with Gasteiger partial charge in [0.25, 0.3) is 0 Å². The molecule has 1 N–H and O–H groups in total. The zero-order chi connectivity index (χ0) is 14.8. The topological polar surface area (TPSA) is 39.1 Å². The third-order valence-electron chi connectivity index (χ3n) is 4.19. The second kappa shape index (κ2) is 9.88. The third kappa shape index (κ3) is 4.79. The first kappa shape index (κ1) is 21.6. The number of nitrogens with one attached hydrogen (secondary N) is 1. The summed E-state index contributed by atoms with van der Waals surface area (Å²) >= 11 is 0. The van der Waals surface area contributed by atoms with Gasteiger partial charge < -0.3 is 14.6 Å². The molecule has 1 fully saturated rings. The van der Waals surface area contributed by atoms with Gasteiger partial charge in [-0.1, -0.05) is 18.2 Å². The summed E-state index contributed by atoms with van der Waals surface area (Å²) in [5, 5.41) is 4.67. The van der Waals surface area contributed by atoms with Gasteiger partial charge in [-0.05, 0) is 36.9 Å². The van der Waals surface area contributed by atoms with Crippen molar-refractivity contribution in [3.63, 3.8) is 0 Å². The van der Waals surface area contributed by atoms with Crippen LogP contribution in [-0.4, -0.2) is 28.7 Å². The molecule has 3 heterocycles. The maximum atomic E-state index is 5.90. The summed E-state index contributed by atoms with van der Waals surface area (Å²) in [4.78, 5) is 4.33. The van der Waals surface area contributed by atoms with Crippen LogP contribution >= 0.6 is 37.2 Å². The monoisotopic (exact) mass is 401 g/mol. The molecular formula is C18H22Cl3N3O. The van der Waals surface area contributed by atoms with Crippen LogP contribution in [0.3, 0.4) is 0 Å². The Morgan fingerprint density at radius 2 is 1.96 bits per heavy atom. The smallest absolute Gasteiger partial charge is 0.139 e. The summed E-state index contributed by atoms with van der Waals surface area (Å²) in [5.41, 5.74) is 2.21. The summed E-state index contributed by atoms with van der Waals surface area (Å²) < 4.78 is 8.04. The van der Waals surface area contributed by atoms with Gasteiger partial charge in [0.05, 0.1) is 23.6 Å². The lowest BCUT2D eigenvalue weighted by Gasteiger charge is -2.13. The summed E-state index contributed by atoms with van der Waals surface area (Å²) in [6, 6.07) is 13.0. The number of aromatic nitrogens is 2. The van der Waals surface area contributed by atoms with Gasteiger partial charge in [-0.25, -0.2) is 0 Å². The zero-order valence-electron chi connectivity index (χ0n) is 13.6. The predicted molar refractivity (Wildman–Crippen MR) is 109 cm³/mol. The maximum absolute atomic E-state index is 5.90. The number of hydrogen-bond acceptors (Lipinski definition) is 3. The molecule has 0 amide bonds. The second-order valence-corrected chi connectivity index (χ2v) is 5.73. The van der Waals surface area contributed by atoms with Crippen LogP contribution in [0.4, 0.5) is 0 Å². The lowest BCUT2D eigenvalue weighted by Crippen LogP contribution is -2.28. The van der Waals surface area contributed by atoms with Crippen molar-refractivity contribution in [1.29, 1.82) is 0 Å². The van der Waals surface area contributed by atoms with Crippen LogP contribution in [0.1, 0.15) is 12.8 Å². The molecule has 1 aliphatic rings. The van der Waals surface area contributed by atoms with E-state index in [4.69, 9.17) is 4.74 Å². The SMILES string of the molecule is Cl.Cl.Cl.c1ccc2c(c1)ccn2-c1cncc(OC[C@@H]2CCCN2)c1. The molecule has 0 radical (unpaired) electrons. The van der Waals surface area contributed by atoms with Gasteiger partial charge in [-0.2, -0.15) is 0 Å². The van der Waals surface area contributed by atoms with Gasteiger partial charge in [0.1, 0.15) is 12.4 Å². The fourth-order valence-electron chi connectivity index (χ4n) is 3.02. The van der Waals surface area contributed by atoms with E-state index in [9.17, 15) is 0 Å². The largest absolute Gasteiger partial charge is 0.490 e. The van der Waals surface area contributed by atoms with Crippen molar-refractivity contribution in [1.82, 2.24) is 14.9 Å². The van der Waals surface area contributed by atoms with Crippen molar-refractivity contribution in [2.75, 3.05) is 13.2 Å². The number of halogens is 3. The van der Waals surface area contributed by atoms with Gasteiger partial charge in [0.2, 0.25) is 0 Å². The molecular weight excluding hydrogens is 381 g/mol. The molecule has 25 heavy (non-hydrogen) atoms. The fraction of sp³-hybridized carbons (Fsp3) is 0.278. The number of para-hydroxylation sites is 1. The first-order valence-corrected chi connectivity index (χ1v) is 7.78. The Balaban J connectivity index is 0.00000104. The summed E-state index contributed by atoms with van der Waals surface area (Å²) in [6.07, 6.45) is 8.15. The Bertz CT molecular complexity index is 788. The summed E-state index contributed by atoms with van der Waals surface area (Å²) in [5.74, 6) is 0.823. The van der Waals surface area contributed by atoms with Crippen molar-refractivity contribution in [2.24, 2.45) is 0 Å². The molecule has 1 aromatic carbocycles. The molecule has 4 rings (SSSR count). The quantitative estimate of drug-likeness (QED) is 0.702. The van der Waals surface area contributed by atoms with E-state index in [0.717, 1.165) is 18.0 Å². The second-order valence-electron chi connectivity index (χ2n) is 5.73. The van der Waals surface area contributed by atoms with Crippen LogP contribution < -0.4 is 10.1 Å². The van der Waals surface area contributed by atoms with Crippen molar-refractivity contribution in [3.05, 3.63) is 55.0 Å². The van der Waals surface area contributed by atoms with Gasteiger partial charge in [-0.3, -0.25) is 4.98 Å². The molecule has 1 atom stereocenters. The van der Waals surface area contributed by atoms with Crippen molar-refractivity contribution in [3.8, 4) is 11.4 Å². The molecule has 0 unspecified atom stereocenters. The number of hydrogen-bond donors (Lipinski definition) is 1. The minimum absolute atomic E-state index is 0. The first-order chi connectivity index (χ1) is 10.9. The molecule has 1 aliphatic heterocycles. The average molecular weight is 403 g/mol. The highest BCUT2D eigenvalue weighted by atomic mass is 35.5. The molecule has 2 aromatic heterocycles. The van der Waals surface area contributed by atoms with Crippen LogP contribution in [0.2, 0.25) is 0 Å². The number of benzene rings is 1. The highest BCUT2D eigenvalue weighted by Gasteiger charge is 2.14. The first-order valence-electron chi connectivity index (χ1n) is 7.78. The molecule has 136 valence electrons. The van der Waals surface area contributed by atoms with E-state index in [1.165, 1.54) is 23.7 Å². The van der Waals surface area contributed by atoms with Crippen molar-refractivity contribution >= 4 is 48.1 Å². The Hall–Kier alpha value is -1.46. The number of pyridine rings is 1. The molecule has 0 spiro atoms. The van der Waals surface area contributed by atoms with E-state index < -0.39 is 0 Å². The van der Waals surface area contributed by atoms with E-state index in [-0.39, 0.29) is 37.2 Å². The maximum Gasteiger partial charge on any atom is 0.139 e.